The molecule has 0 atom stereocenters. The normalized spacial score (nSPS) is 11.8. The van der Waals surface area contributed by atoms with Crippen LogP contribution in [0.4, 0.5) is 0 Å². The summed E-state index contributed by atoms with van der Waals surface area (Å²) >= 11 is 0. The van der Waals surface area contributed by atoms with E-state index in [9.17, 15) is 9.90 Å². The Labute approximate surface area is 79.9 Å². The van der Waals surface area contributed by atoms with Crippen molar-refractivity contribution in [3.63, 3.8) is 0 Å². The van der Waals surface area contributed by atoms with Crippen LogP contribution < -0.4 is 5.32 Å². The molecule has 0 aromatic rings. The lowest BCUT2D eigenvalue weighted by atomic mass is 10.1. The van der Waals surface area contributed by atoms with Crippen molar-refractivity contribution in [2.75, 3.05) is 27.2 Å². The van der Waals surface area contributed by atoms with Crippen molar-refractivity contribution in [1.29, 1.82) is 0 Å². The maximum Gasteiger partial charge on any atom is 0.221 e. The fraction of sp³-hybridized carbons (Fsp3) is 0.889. The predicted octanol–water partition coefficient (Wildman–Crippen LogP) is -0.175. The van der Waals surface area contributed by atoms with Crippen molar-refractivity contribution >= 4 is 5.91 Å². The second-order valence-electron chi connectivity index (χ2n) is 3.97. The van der Waals surface area contributed by atoms with Crippen LogP contribution >= 0.6 is 0 Å². The smallest absolute Gasteiger partial charge is 0.221 e. The van der Waals surface area contributed by atoms with Crippen molar-refractivity contribution in [2.45, 2.75) is 25.9 Å². The van der Waals surface area contributed by atoms with E-state index in [1.165, 1.54) is 0 Å². The van der Waals surface area contributed by atoms with E-state index in [-0.39, 0.29) is 5.91 Å². The fourth-order valence-corrected chi connectivity index (χ4v) is 1.16. The van der Waals surface area contributed by atoms with E-state index in [0.717, 1.165) is 0 Å². The van der Waals surface area contributed by atoms with Gasteiger partial charge in [0, 0.05) is 26.6 Å². The maximum atomic E-state index is 10.9. The molecular formula is C9H20N2O2. The average Bonchev–Trinajstić information content (AvgIpc) is 1.97. The van der Waals surface area contributed by atoms with Crippen LogP contribution in [-0.4, -0.2) is 48.7 Å². The molecule has 0 aliphatic heterocycles. The number of nitrogens with zero attached hydrogens (tertiary/aromatic N) is 1. The van der Waals surface area contributed by atoms with Gasteiger partial charge in [-0.25, -0.2) is 0 Å². The summed E-state index contributed by atoms with van der Waals surface area (Å²) in [4.78, 5) is 12.8. The largest absolute Gasteiger partial charge is 0.389 e. The Bertz CT molecular complexity index is 163. The van der Waals surface area contributed by atoms with Gasteiger partial charge in [0.15, 0.2) is 0 Å². The number of carbonyl (C=O) groups is 1. The average molecular weight is 188 g/mol. The summed E-state index contributed by atoms with van der Waals surface area (Å²) in [6.07, 6.45) is 0.475. The highest BCUT2D eigenvalue weighted by molar-refractivity contribution is 5.75. The molecule has 4 heteroatoms. The number of carbonyl (C=O) groups excluding carboxylic acids is 1. The second kappa shape index (κ2) is 5.19. The molecule has 0 saturated carbocycles. The first-order valence-electron chi connectivity index (χ1n) is 4.46. The topological polar surface area (TPSA) is 52.6 Å². The van der Waals surface area contributed by atoms with Crippen molar-refractivity contribution in [1.82, 2.24) is 10.2 Å². The van der Waals surface area contributed by atoms with Crippen LogP contribution in [0.25, 0.3) is 0 Å². The SMILES string of the molecule is CNC(=O)CCN(C)CC(C)(C)O. The van der Waals surface area contributed by atoms with Gasteiger partial charge in [0.25, 0.3) is 0 Å². The number of nitrogens with one attached hydrogen (secondary N) is 1. The van der Waals surface area contributed by atoms with Crippen LogP contribution in [0.3, 0.4) is 0 Å². The van der Waals surface area contributed by atoms with Gasteiger partial charge in [-0.3, -0.25) is 4.79 Å². The van der Waals surface area contributed by atoms with Gasteiger partial charge in [-0.05, 0) is 20.9 Å². The summed E-state index contributed by atoms with van der Waals surface area (Å²) in [5.74, 6) is 0.0302. The van der Waals surface area contributed by atoms with E-state index in [1.54, 1.807) is 20.9 Å². The molecule has 1 amide bonds. The Hall–Kier alpha value is -0.610. The zero-order valence-corrected chi connectivity index (χ0v) is 8.92. The molecule has 4 nitrogen and oxygen atoms in total. The summed E-state index contributed by atoms with van der Waals surface area (Å²) in [7, 11) is 3.51. The van der Waals surface area contributed by atoms with Crippen molar-refractivity contribution < 1.29 is 9.90 Å². The van der Waals surface area contributed by atoms with Crippen LogP contribution in [-0.2, 0) is 4.79 Å². The Morgan fingerprint density at radius 1 is 1.54 bits per heavy atom. The number of aliphatic hydroxyl groups is 1. The number of amides is 1. The number of hydrogen-bond acceptors (Lipinski definition) is 3. The summed E-state index contributed by atoms with van der Waals surface area (Å²) < 4.78 is 0. The molecule has 13 heavy (non-hydrogen) atoms. The van der Waals surface area contributed by atoms with Gasteiger partial charge in [0.1, 0.15) is 0 Å². The van der Waals surface area contributed by atoms with Crippen LogP contribution in [0.1, 0.15) is 20.3 Å². The summed E-state index contributed by atoms with van der Waals surface area (Å²) in [5, 5.41) is 12.0. The minimum Gasteiger partial charge on any atom is -0.389 e. The van der Waals surface area contributed by atoms with E-state index in [2.05, 4.69) is 5.32 Å². The molecular weight excluding hydrogens is 168 g/mol. The first-order chi connectivity index (χ1) is 5.85. The standard InChI is InChI=1S/C9H20N2O2/c1-9(2,13)7-11(4)6-5-8(12)10-3/h13H,5-7H2,1-4H3,(H,10,12). The van der Waals surface area contributed by atoms with Crippen molar-refractivity contribution in [3.8, 4) is 0 Å². The molecule has 0 aliphatic carbocycles. The zero-order valence-electron chi connectivity index (χ0n) is 8.92. The van der Waals surface area contributed by atoms with Crippen LogP contribution in [0.5, 0.6) is 0 Å². The number of hydrogen-bond donors (Lipinski definition) is 2. The third-order valence-corrected chi connectivity index (χ3v) is 1.66. The third kappa shape index (κ3) is 7.74. The molecule has 0 unspecified atom stereocenters. The second-order valence-corrected chi connectivity index (χ2v) is 3.97. The lowest BCUT2D eigenvalue weighted by Gasteiger charge is -2.24. The lowest BCUT2D eigenvalue weighted by Crippen LogP contribution is -2.37. The Morgan fingerprint density at radius 2 is 2.08 bits per heavy atom. The summed E-state index contributed by atoms with van der Waals surface area (Å²) in [6.45, 7) is 4.75. The van der Waals surface area contributed by atoms with E-state index < -0.39 is 5.60 Å². The predicted molar refractivity (Wildman–Crippen MR) is 52.5 cm³/mol. The van der Waals surface area contributed by atoms with Crippen LogP contribution in [0, 0.1) is 0 Å². The van der Waals surface area contributed by atoms with E-state index in [1.807, 2.05) is 11.9 Å². The Kier molecular flexibility index (Phi) is 4.95. The van der Waals surface area contributed by atoms with Crippen molar-refractivity contribution in [3.05, 3.63) is 0 Å². The number of likely N-dealkylation sites (N-methyl/N-ethyl adjacent to an activating group) is 1. The molecule has 0 heterocycles. The molecule has 0 radical (unpaired) electrons. The minimum absolute atomic E-state index is 0.0302. The Morgan fingerprint density at radius 3 is 2.46 bits per heavy atom. The summed E-state index contributed by atoms with van der Waals surface area (Å²) in [5.41, 5.74) is -0.697. The molecule has 0 fully saturated rings. The molecule has 0 spiro atoms. The van der Waals surface area contributed by atoms with Gasteiger partial charge < -0.3 is 15.3 Å². The summed E-state index contributed by atoms with van der Waals surface area (Å²) in [6, 6.07) is 0. The number of rotatable bonds is 5. The van der Waals surface area contributed by atoms with Crippen molar-refractivity contribution in [2.24, 2.45) is 0 Å². The third-order valence-electron chi connectivity index (χ3n) is 1.66. The lowest BCUT2D eigenvalue weighted by molar-refractivity contribution is -0.121. The molecule has 2 N–H and O–H groups in total. The van der Waals surface area contributed by atoms with Crippen LogP contribution in [0.2, 0.25) is 0 Å². The molecule has 0 aromatic carbocycles. The van der Waals surface area contributed by atoms with Gasteiger partial charge in [-0.15, -0.1) is 0 Å². The van der Waals surface area contributed by atoms with Crippen LogP contribution in [0.15, 0.2) is 0 Å². The highest BCUT2D eigenvalue weighted by Gasteiger charge is 2.15. The molecule has 0 aromatic heterocycles. The minimum atomic E-state index is -0.697. The maximum absolute atomic E-state index is 10.9. The molecule has 0 bridgehead atoms. The monoisotopic (exact) mass is 188 g/mol. The first-order valence-corrected chi connectivity index (χ1v) is 4.46. The van der Waals surface area contributed by atoms with Gasteiger partial charge in [0.05, 0.1) is 5.60 Å². The quantitative estimate of drug-likeness (QED) is 0.629. The van der Waals surface area contributed by atoms with Gasteiger partial charge >= 0.3 is 0 Å². The first kappa shape index (κ1) is 12.4. The fourth-order valence-electron chi connectivity index (χ4n) is 1.16. The highest BCUT2D eigenvalue weighted by Crippen LogP contribution is 2.02. The molecule has 78 valence electrons. The molecule has 0 rings (SSSR count). The zero-order chi connectivity index (χ0) is 10.5. The van der Waals surface area contributed by atoms with Gasteiger partial charge in [0.2, 0.25) is 5.91 Å². The Balaban J connectivity index is 3.63. The van der Waals surface area contributed by atoms with Gasteiger partial charge in [-0.2, -0.15) is 0 Å². The van der Waals surface area contributed by atoms with E-state index in [0.29, 0.717) is 19.5 Å². The molecule has 0 saturated heterocycles. The molecule has 0 aliphatic rings. The van der Waals surface area contributed by atoms with Gasteiger partial charge in [-0.1, -0.05) is 0 Å². The highest BCUT2D eigenvalue weighted by atomic mass is 16.3. The van der Waals surface area contributed by atoms with E-state index in [4.69, 9.17) is 0 Å². The van der Waals surface area contributed by atoms with E-state index >= 15 is 0 Å².